The second-order valence-electron chi connectivity index (χ2n) is 6.23. The van der Waals surface area contributed by atoms with Crippen molar-refractivity contribution < 1.29 is 10.2 Å². The van der Waals surface area contributed by atoms with Crippen molar-refractivity contribution in [2.45, 2.75) is 13.0 Å². The molecule has 0 saturated carbocycles. The van der Waals surface area contributed by atoms with Crippen molar-refractivity contribution >= 4 is 22.6 Å². The van der Waals surface area contributed by atoms with E-state index in [4.69, 9.17) is 11.6 Å². The van der Waals surface area contributed by atoms with Crippen molar-refractivity contribution in [1.29, 1.82) is 0 Å². The monoisotopic (exact) mass is 364 g/mol. The summed E-state index contributed by atoms with van der Waals surface area (Å²) in [5.74, 6) is 0.0726. The third-order valence-corrected chi connectivity index (χ3v) is 4.78. The zero-order valence-corrected chi connectivity index (χ0v) is 14.9. The van der Waals surface area contributed by atoms with Gasteiger partial charge >= 0.3 is 0 Å². The lowest BCUT2D eigenvalue weighted by Crippen LogP contribution is -1.94. The Morgan fingerprint density at radius 1 is 1.04 bits per heavy atom. The van der Waals surface area contributed by atoms with Crippen LogP contribution < -0.4 is 0 Å². The molecule has 4 rings (SSSR count). The number of benzene rings is 3. The molecule has 0 saturated heterocycles. The molecule has 0 spiro atoms. The van der Waals surface area contributed by atoms with Gasteiger partial charge in [0.25, 0.3) is 0 Å². The van der Waals surface area contributed by atoms with Gasteiger partial charge in [-0.3, -0.25) is 4.57 Å². The molecule has 0 fully saturated rings. The molecule has 0 amide bonds. The quantitative estimate of drug-likeness (QED) is 0.531. The minimum atomic E-state index is -0.529. The van der Waals surface area contributed by atoms with E-state index in [0.29, 0.717) is 10.6 Å². The summed E-state index contributed by atoms with van der Waals surface area (Å²) in [5.41, 5.74) is 5.07. The van der Waals surface area contributed by atoms with Gasteiger partial charge in [0.05, 0.1) is 22.2 Å². The van der Waals surface area contributed by atoms with E-state index >= 15 is 0 Å². The summed E-state index contributed by atoms with van der Waals surface area (Å²) in [7, 11) is 0. The average Bonchev–Trinajstić information content (AvgIpc) is 3.07. The second-order valence-corrected chi connectivity index (χ2v) is 6.63. The van der Waals surface area contributed by atoms with Crippen LogP contribution in [0.4, 0.5) is 0 Å². The zero-order valence-electron chi connectivity index (χ0n) is 14.1. The first-order chi connectivity index (χ1) is 12.5. The van der Waals surface area contributed by atoms with Crippen LogP contribution >= 0.6 is 11.6 Å². The number of hydrogen-bond acceptors (Lipinski definition) is 3. The first-order valence-corrected chi connectivity index (χ1v) is 8.66. The lowest BCUT2D eigenvalue weighted by atomic mass is 10.0. The van der Waals surface area contributed by atoms with Crippen LogP contribution in [0.25, 0.3) is 27.8 Å². The van der Waals surface area contributed by atoms with Gasteiger partial charge in [-0.05, 0) is 48.4 Å². The Labute approximate surface area is 155 Å². The van der Waals surface area contributed by atoms with E-state index in [0.717, 1.165) is 27.8 Å². The molecule has 0 bridgehead atoms. The summed E-state index contributed by atoms with van der Waals surface area (Å²) in [5, 5.41) is 20.3. The minimum absolute atomic E-state index is 0.0726. The number of phenolic OH excluding ortho intramolecular Hbond substituents is 1. The number of hydrogen-bond donors (Lipinski definition) is 2. The minimum Gasteiger partial charge on any atom is -0.506 e. The fraction of sp³-hybridized carbons (Fsp3) is 0.0952. The highest BCUT2D eigenvalue weighted by molar-refractivity contribution is 6.32. The number of nitrogens with zero attached hydrogens (tertiary/aromatic N) is 2. The van der Waals surface area contributed by atoms with Gasteiger partial charge in [-0.1, -0.05) is 41.9 Å². The predicted molar refractivity (Wildman–Crippen MR) is 104 cm³/mol. The molecule has 130 valence electrons. The maximum absolute atomic E-state index is 10.3. The largest absolute Gasteiger partial charge is 0.506 e. The number of aliphatic hydroxyl groups is 1. The smallest absolute Gasteiger partial charge is 0.141 e. The van der Waals surface area contributed by atoms with E-state index in [-0.39, 0.29) is 5.75 Å². The summed E-state index contributed by atoms with van der Waals surface area (Å²) >= 11 is 6.04. The molecule has 0 unspecified atom stereocenters. The Balaban J connectivity index is 1.82. The topological polar surface area (TPSA) is 58.3 Å². The van der Waals surface area contributed by atoms with Crippen molar-refractivity contribution in [1.82, 2.24) is 9.55 Å². The van der Waals surface area contributed by atoms with E-state index in [2.05, 4.69) is 4.98 Å². The number of rotatable bonds is 3. The van der Waals surface area contributed by atoms with Crippen LogP contribution in [0.2, 0.25) is 5.02 Å². The maximum Gasteiger partial charge on any atom is 0.141 e. The van der Waals surface area contributed by atoms with Crippen molar-refractivity contribution in [2.75, 3.05) is 0 Å². The summed E-state index contributed by atoms with van der Waals surface area (Å²) in [6.07, 6.45) is 1.23. The molecule has 4 nitrogen and oxygen atoms in total. The van der Waals surface area contributed by atoms with Crippen LogP contribution in [0.15, 0.2) is 67.0 Å². The van der Waals surface area contributed by atoms with Crippen LogP contribution in [0, 0.1) is 0 Å². The molecule has 26 heavy (non-hydrogen) atoms. The summed E-state index contributed by atoms with van der Waals surface area (Å²) < 4.78 is 1.98. The van der Waals surface area contributed by atoms with Crippen LogP contribution in [0.3, 0.4) is 0 Å². The fourth-order valence-electron chi connectivity index (χ4n) is 3.07. The average molecular weight is 365 g/mol. The second kappa shape index (κ2) is 6.48. The SMILES string of the molecule is C[C@@H](O)c1ccc2c(c1)ncn2-c1cccc(-c2cccc(Cl)c2O)c1. The molecule has 5 heteroatoms. The molecule has 0 aliphatic rings. The van der Waals surface area contributed by atoms with Crippen molar-refractivity contribution in [3.63, 3.8) is 0 Å². The van der Waals surface area contributed by atoms with Crippen LogP contribution in [-0.2, 0) is 0 Å². The molecule has 1 atom stereocenters. The van der Waals surface area contributed by atoms with E-state index in [9.17, 15) is 10.2 Å². The van der Waals surface area contributed by atoms with E-state index < -0.39 is 6.10 Å². The number of fused-ring (bicyclic) bond motifs is 1. The van der Waals surface area contributed by atoms with Gasteiger partial charge in [0, 0.05) is 11.3 Å². The molecule has 4 aromatic rings. The van der Waals surface area contributed by atoms with Gasteiger partial charge in [-0.25, -0.2) is 4.98 Å². The van der Waals surface area contributed by atoms with Gasteiger partial charge < -0.3 is 10.2 Å². The Bertz CT molecular complexity index is 1100. The number of aliphatic hydroxyl groups excluding tert-OH is 1. The van der Waals surface area contributed by atoms with Gasteiger partial charge in [-0.15, -0.1) is 0 Å². The normalized spacial score (nSPS) is 12.4. The number of aromatic nitrogens is 2. The van der Waals surface area contributed by atoms with Crippen molar-refractivity contribution in [3.05, 3.63) is 77.6 Å². The highest BCUT2D eigenvalue weighted by Crippen LogP contribution is 2.35. The van der Waals surface area contributed by atoms with Gasteiger partial charge in [0.2, 0.25) is 0 Å². The number of aromatic hydroxyl groups is 1. The number of halogens is 1. The summed E-state index contributed by atoms with van der Waals surface area (Å²) in [6, 6.07) is 18.9. The van der Waals surface area contributed by atoms with Gasteiger partial charge in [-0.2, -0.15) is 0 Å². The third-order valence-electron chi connectivity index (χ3n) is 4.48. The highest BCUT2D eigenvalue weighted by Gasteiger charge is 2.11. The zero-order chi connectivity index (χ0) is 18.3. The molecule has 0 radical (unpaired) electrons. The van der Waals surface area contributed by atoms with E-state index in [1.165, 1.54) is 0 Å². The van der Waals surface area contributed by atoms with E-state index in [1.807, 2.05) is 59.2 Å². The molecular weight excluding hydrogens is 348 g/mol. The third kappa shape index (κ3) is 2.83. The first-order valence-electron chi connectivity index (χ1n) is 8.28. The number of phenols is 1. The molecule has 3 aromatic carbocycles. The molecule has 2 N–H and O–H groups in total. The number of para-hydroxylation sites is 1. The summed E-state index contributed by atoms with van der Waals surface area (Å²) in [6.45, 7) is 1.74. The number of imidazole rings is 1. The Morgan fingerprint density at radius 2 is 1.85 bits per heavy atom. The highest BCUT2D eigenvalue weighted by atomic mass is 35.5. The Morgan fingerprint density at radius 3 is 2.65 bits per heavy atom. The van der Waals surface area contributed by atoms with Crippen LogP contribution in [0.1, 0.15) is 18.6 Å². The Kier molecular flexibility index (Phi) is 4.15. The van der Waals surface area contributed by atoms with Crippen LogP contribution in [0.5, 0.6) is 5.75 Å². The molecule has 0 aliphatic heterocycles. The van der Waals surface area contributed by atoms with Gasteiger partial charge in [0.15, 0.2) is 0 Å². The standard InChI is InChI=1S/C21H17ClN2O2/c1-13(25)14-8-9-20-19(11-14)23-12-24(20)16-5-2-4-15(10-16)17-6-3-7-18(22)21(17)26/h2-13,25-26H,1H3/t13-/m1/s1. The van der Waals surface area contributed by atoms with Crippen molar-refractivity contribution in [2.24, 2.45) is 0 Å². The Hall–Kier alpha value is -2.82. The maximum atomic E-state index is 10.3. The first kappa shape index (κ1) is 16.6. The van der Waals surface area contributed by atoms with Crippen molar-refractivity contribution in [3.8, 4) is 22.6 Å². The molecule has 0 aliphatic carbocycles. The molecule has 1 aromatic heterocycles. The fourth-order valence-corrected chi connectivity index (χ4v) is 3.24. The van der Waals surface area contributed by atoms with Gasteiger partial charge in [0.1, 0.15) is 12.1 Å². The molecule has 1 heterocycles. The predicted octanol–water partition coefficient (Wildman–Crippen LogP) is 5.10. The van der Waals surface area contributed by atoms with Crippen LogP contribution in [-0.4, -0.2) is 19.8 Å². The van der Waals surface area contributed by atoms with E-state index in [1.54, 1.807) is 19.3 Å². The summed E-state index contributed by atoms with van der Waals surface area (Å²) in [4.78, 5) is 4.45. The lowest BCUT2D eigenvalue weighted by Gasteiger charge is -2.10. The molecular formula is C21H17ClN2O2. The lowest BCUT2D eigenvalue weighted by molar-refractivity contribution is 0.199.